The van der Waals surface area contributed by atoms with Crippen LogP contribution in [0, 0.1) is 0 Å². The van der Waals surface area contributed by atoms with Crippen molar-refractivity contribution in [3.05, 3.63) is 120 Å². The van der Waals surface area contributed by atoms with Gasteiger partial charge in [-0.2, -0.15) is 0 Å². The van der Waals surface area contributed by atoms with Crippen LogP contribution in [0.5, 0.6) is 5.75 Å². The lowest BCUT2D eigenvalue weighted by Gasteiger charge is -2.27. The molecule has 0 aliphatic carbocycles. The van der Waals surface area contributed by atoms with Crippen LogP contribution in [-0.4, -0.2) is 27.7 Å². The number of hydrogen-bond donors (Lipinski definition) is 1. The number of aryl methyl sites for hydroxylation is 1. The van der Waals surface area contributed by atoms with Crippen molar-refractivity contribution in [3.63, 3.8) is 0 Å². The Bertz CT molecular complexity index is 2440. The van der Waals surface area contributed by atoms with Gasteiger partial charge in [0.2, 0.25) is 0 Å². The highest BCUT2D eigenvalue weighted by Gasteiger charge is 2.28. The van der Waals surface area contributed by atoms with Crippen molar-refractivity contribution >= 4 is 35.1 Å². The molecule has 5 aromatic carbocycles. The zero-order valence-electron chi connectivity index (χ0n) is 31.7. The summed E-state index contributed by atoms with van der Waals surface area (Å²) in [6.07, 6.45) is 2.12. The molecule has 2 heterocycles. The summed E-state index contributed by atoms with van der Waals surface area (Å²) in [5, 5.41) is 15.5. The Morgan fingerprint density at radius 2 is 1.35 bits per heavy atom. The predicted octanol–water partition coefficient (Wildman–Crippen LogP) is 11.6. The molecule has 0 fully saturated rings. The highest BCUT2D eigenvalue weighted by atomic mass is 28.3. The fourth-order valence-electron chi connectivity index (χ4n) is 7.23. The molecule has 0 saturated heterocycles. The zero-order valence-corrected chi connectivity index (χ0v) is 32.7. The molecule has 0 aliphatic rings. The molecule has 51 heavy (non-hydrogen) atoms. The normalized spacial score (nSPS) is 12.6. The quantitative estimate of drug-likeness (QED) is 0.183. The van der Waals surface area contributed by atoms with E-state index < -0.39 is 8.07 Å². The van der Waals surface area contributed by atoms with E-state index in [0.717, 1.165) is 61.1 Å². The maximum Gasteiger partial charge on any atom is 0.144 e. The van der Waals surface area contributed by atoms with Crippen LogP contribution >= 0.6 is 0 Å². The van der Waals surface area contributed by atoms with Crippen molar-refractivity contribution < 1.29 is 5.11 Å². The Hall–Kier alpha value is -5.00. The Morgan fingerprint density at radius 3 is 2.04 bits per heavy atom. The third-order valence-electron chi connectivity index (χ3n) is 10.2. The van der Waals surface area contributed by atoms with Gasteiger partial charge in [-0.1, -0.05) is 134 Å². The van der Waals surface area contributed by atoms with Gasteiger partial charge in [0, 0.05) is 29.9 Å². The summed E-state index contributed by atoms with van der Waals surface area (Å²) in [4.78, 5) is 10.5. The minimum absolute atomic E-state index is 0.0980. The summed E-state index contributed by atoms with van der Waals surface area (Å²) >= 11 is 0. The Kier molecular flexibility index (Phi) is 8.34. The Labute approximate surface area is 303 Å². The van der Waals surface area contributed by atoms with Crippen molar-refractivity contribution in [3.8, 4) is 50.6 Å². The van der Waals surface area contributed by atoms with Crippen LogP contribution in [0.15, 0.2) is 109 Å². The molecule has 0 saturated carbocycles. The molecule has 4 nitrogen and oxygen atoms in total. The Morgan fingerprint density at radius 1 is 0.647 bits per heavy atom. The molecular formula is C46H49N3OSi. The number of para-hydroxylation sites is 1. The average Bonchev–Trinajstić information content (AvgIpc) is 3.42. The van der Waals surface area contributed by atoms with Crippen molar-refractivity contribution in [2.45, 2.75) is 72.0 Å². The summed E-state index contributed by atoms with van der Waals surface area (Å²) in [5.41, 5.74) is 11.1. The number of phenols is 1. The second-order valence-electron chi connectivity index (χ2n) is 17.1. The highest BCUT2D eigenvalue weighted by molar-refractivity contribution is 6.89. The van der Waals surface area contributed by atoms with Crippen molar-refractivity contribution in [2.75, 3.05) is 0 Å². The molecule has 0 atom stereocenters. The van der Waals surface area contributed by atoms with E-state index in [0.29, 0.717) is 5.75 Å². The third-order valence-corrected chi connectivity index (χ3v) is 12.2. The van der Waals surface area contributed by atoms with Gasteiger partial charge in [0.05, 0.1) is 30.4 Å². The first kappa shape index (κ1) is 34.4. The number of imidazole rings is 1. The van der Waals surface area contributed by atoms with Gasteiger partial charge in [-0.25, -0.2) is 4.98 Å². The number of aromatic nitrogens is 3. The number of nitrogens with zero attached hydrogens (tertiary/aromatic N) is 3. The van der Waals surface area contributed by atoms with E-state index in [2.05, 4.69) is 182 Å². The van der Waals surface area contributed by atoms with Gasteiger partial charge in [0.15, 0.2) is 0 Å². The number of aromatic hydroxyl groups is 1. The summed E-state index contributed by atoms with van der Waals surface area (Å²) in [7, 11) is 0.377. The zero-order chi connectivity index (χ0) is 36.5. The van der Waals surface area contributed by atoms with Gasteiger partial charge < -0.3 is 9.67 Å². The molecule has 5 heteroatoms. The average molecular weight is 688 g/mol. The molecular weight excluding hydrogens is 639 g/mol. The minimum Gasteiger partial charge on any atom is -0.507 e. The summed E-state index contributed by atoms with van der Waals surface area (Å²) < 4.78 is 2.13. The summed E-state index contributed by atoms with van der Waals surface area (Å²) in [5.74, 6) is 1.05. The van der Waals surface area contributed by atoms with Gasteiger partial charge in [-0.15, -0.1) is 0 Å². The van der Waals surface area contributed by atoms with Crippen LogP contribution in [-0.2, 0) is 17.9 Å². The number of fused-ring (bicyclic) bond motifs is 2. The number of phenolic OH excluding ortho intramolecular Hbond substituents is 1. The molecule has 0 bridgehead atoms. The van der Waals surface area contributed by atoms with Crippen molar-refractivity contribution in [2.24, 2.45) is 7.05 Å². The van der Waals surface area contributed by atoms with Crippen LogP contribution in [0.4, 0.5) is 0 Å². The number of benzene rings is 5. The molecule has 7 rings (SSSR count). The van der Waals surface area contributed by atoms with Crippen LogP contribution in [0.3, 0.4) is 0 Å². The second-order valence-corrected chi connectivity index (χ2v) is 22.1. The molecule has 7 aromatic rings. The van der Waals surface area contributed by atoms with E-state index in [1.807, 2.05) is 0 Å². The lowest BCUT2D eigenvalue weighted by molar-refractivity contribution is 0.446. The van der Waals surface area contributed by atoms with Crippen molar-refractivity contribution in [1.82, 2.24) is 14.5 Å². The van der Waals surface area contributed by atoms with E-state index >= 15 is 0 Å². The first-order chi connectivity index (χ1) is 24.0. The first-order valence-electron chi connectivity index (χ1n) is 18.0. The van der Waals surface area contributed by atoms with Crippen LogP contribution in [0.25, 0.3) is 66.7 Å². The summed E-state index contributed by atoms with van der Waals surface area (Å²) in [6, 6.07) is 36.8. The summed E-state index contributed by atoms with van der Waals surface area (Å²) in [6.45, 7) is 20.3. The standard InChI is InChI=1S/C46H49N3OSi/c1-45(2,3)32-25-37(43(50)38(26-32)46(4,5)6)44-48-42-34(21-16-22-40(42)49(44)7)36-24-31(23-30-19-14-15-20-33(30)36)39-27-35(29-17-12-11-13-18-29)41(28-47-39)51(8,9)10/h11-28,50H,1-10H3. The van der Waals surface area contributed by atoms with E-state index in [1.54, 1.807) is 0 Å². The smallest absolute Gasteiger partial charge is 0.144 e. The molecule has 2 aromatic heterocycles. The Balaban J connectivity index is 1.46. The molecule has 0 spiro atoms. The van der Waals surface area contributed by atoms with Gasteiger partial charge >= 0.3 is 0 Å². The van der Waals surface area contributed by atoms with Crippen LogP contribution in [0.2, 0.25) is 19.6 Å². The predicted molar refractivity (Wildman–Crippen MR) is 220 cm³/mol. The van der Waals surface area contributed by atoms with E-state index in [1.165, 1.54) is 21.9 Å². The maximum atomic E-state index is 11.8. The molecule has 1 N–H and O–H groups in total. The molecule has 0 unspecified atom stereocenters. The van der Waals surface area contributed by atoms with E-state index in [9.17, 15) is 5.11 Å². The molecule has 0 amide bonds. The maximum absolute atomic E-state index is 11.8. The van der Waals surface area contributed by atoms with Gasteiger partial charge in [-0.05, 0) is 79.4 Å². The molecule has 0 radical (unpaired) electrons. The largest absolute Gasteiger partial charge is 0.507 e. The third kappa shape index (κ3) is 6.29. The lowest BCUT2D eigenvalue weighted by atomic mass is 9.79. The van der Waals surface area contributed by atoms with Gasteiger partial charge in [0.25, 0.3) is 0 Å². The fraction of sp³-hybridized carbons (Fsp3) is 0.261. The highest BCUT2D eigenvalue weighted by Crippen LogP contribution is 2.44. The first-order valence-corrected chi connectivity index (χ1v) is 21.5. The SMILES string of the molecule is Cn1c(-c2cc(C(C)(C)C)cc(C(C)(C)C)c2O)nc2c(-c3cc(-c4cc(-c5ccccc5)c([Si](C)(C)C)cn4)cc4ccccc34)cccc21. The van der Waals surface area contributed by atoms with E-state index in [4.69, 9.17) is 9.97 Å². The minimum atomic E-state index is -1.68. The van der Waals surface area contributed by atoms with E-state index in [-0.39, 0.29) is 10.8 Å². The monoisotopic (exact) mass is 687 g/mol. The lowest BCUT2D eigenvalue weighted by Crippen LogP contribution is -2.39. The second kappa shape index (κ2) is 12.3. The van der Waals surface area contributed by atoms with Crippen molar-refractivity contribution in [1.29, 1.82) is 0 Å². The molecule has 0 aliphatic heterocycles. The topological polar surface area (TPSA) is 50.9 Å². The van der Waals surface area contributed by atoms with Gasteiger partial charge in [0.1, 0.15) is 11.6 Å². The number of rotatable bonds is 5. The fourth-order valence-corrected chi connectivity index (χ4v) is 8.71. The number of pyridine rings is 1. The molecule has 258 valence electrons. The van der Waals surface area contributed by atoms with Gasteiger partial charge in [-0.3, -0.25) is 4.98 Å². The van der Waals surface area contributed by atoms with Crippen LogP contribution in [0.1, 0.15) is 52.7 Å². The van der Waals surface area contributed by atoms with Crippen LogP contribution < -0.4 is 5.19 Å². The number of hydrogen-bond acceptors (Lipinski definition) is 3.